The van der Waals surface area contributed by atoms with Gasteiger partial charge in [-0.15, -0.1) is 23.1 Å². The minimum atomic E-state index is 0.0290. The standard InChI is InChI=1S/C22H24N2OS2/c1-15-12-17(3)19(13-16(15)2)20-14-27-22(23-20)24-21(25)10-7-11-26-18-8-5-4-6-9-18/h4-6,8-9,12-14H,7,10-11H2,1-3H3,(H,23,24,25). The first-order valence-corrected chi connectivity index (χ1v) is 10.9. The summed E-state index contributed by atoms with van der Waals surface area (Å²) in [6.45, 7) is 6.33. The molecule has 1 N–H and O–H groups in total. The van der Waals surface area contributed by atoms with Crippen molar-refractivity contribution in [1.82, 2.24) is 4.98 Å². The predicted molar refractivity (Wildman–Crippen MR) is 117 cm³/mol. The lowest BCUT2D eigenvalue weighted by atomic mass is 9.99. The summed E-state index contributed by atoms with van der Waals surface area (Å²) in [6.07, 6.45) is 1.36. The Bertz CT molecular complexity index is 919. The predicted octanol–water partition coefficient (Wildman–Crippen LogP) is 6.25. The fourth-order valence-corrected chi connectivity index (χ4v) is 4.41. The Balaban J connectivity index is 1.51. The molecule has 0 radical (unpaired) electrons. The average Bonchev–Trinajstić information content (AvgIpc) is 3.11. The second-order valence-corrected chi connectivity index (χ2v) is 8.63. The van der Waals surface area contributed by atoms with Crippen LogP contribution in [-0.4, -0.2) is 16.6 Å². The molecule has 1 aromatic heterocycles. The first-order chi connectivity index (χ1) is 13.0. The van der Waals surface area contributed by atoms with Gasteiger partial charge in [-0.25, -0.2) is 4.98 Å². The molecule has 0 aliphatic heterocycles. The Morgan fingerprint density at radius 1 is 1.07 bits per heavy atom. The molecule has 3 nitrogen and oxygen atoms in total. The highest BCUT2D eigenvalue weighted by Crippen LogP contribution is 2.29. The van der Waals surface area contributed by atoms with Crippen LogP contribution < -0.4 is 5.32 Å². The minimum absolute atomic E-state index is 0.0290. The van der Waals surface area contributed by atoms with Crippen LogP contribution in [0.15, 0.2) is 52.7 Å². The van der Waals surface area contributed by atoms with Crippen LogP contribution in [0.5, 0.6) is 0 Å². The van der Waals surface area contributed by atoms with E-state index in [1.807, 2.05) is 23.6 Å². The van der Waals surface area contributed by atoms with Crippen molar-refractivity contribution >= 4 is 34.1 Å². The molecule has 1 amide bonds. The Kier molecular flexibility index (Phi) is 6.69. The average molecular weight is 397 g/mol. The highest BCUT2D eigenvalue weighted by atomic mass is 32.2. The number of thiazole rings is 1. The summed E-state index contributed by atoms with van der Waals surface area (Å²) in [7, 11) is 0. The van der Waals surface area contributed by atoms with Gasteiger partial charge in [0.25, 0.3) is 0 Å². The molecule has 0 saturated carbocycles. The van der Waals surface area contributed by atoms with E-state index < -0.39 is 0 Å². The molecular weight excluding hydrogens is 372 g/mol. The van der Waals surface area contributed by atoms with Gasteiger partial charge in [-0.3, -0.25) is 4.79 Å². The lowest BCUT2D eigenvalue weighted by Gasteiger charge is -2.07. The number of thioether (sulfide) groups is 1. The van der Waals surface area contributed by atoms with Crippen LogP contribution in [-0.2, 0) is 4.79 Å². The van der Waals surface area contributed by atoms with Gasteiger partial charge in [0.2, 0.25) is 5.91 Å². The quantitative estimate of drug-likeness (QED) is 0.379. The van der Waals surface area contributed by atoms with Crippen molar-refractivity contribution in [3.8, 4) is 11.3 Å². The van der Waals surface area contributed by atoms with E-state index in [4.69, 9.17) is 0 Å². The summed E-state index contributed by atoms with van der Waals surface area (Å²) in [5, 5.41) is 5.62. The van der Waals surface area contributed by atoms with E-state index >= 15 is 0 Å². The third-order valence-electron chi connectivity index (χ3n) is 4.43. The maximum atomic E-state index is 12.2. The second kappa shape index (κ2) is 9.20. The summed E-state index contributed by atoms with van der Waals surface area (Å²) in [5.74, 6) is 0.962. The molecule has 5 heteroatoms. The summed E-state index contributed by atoms with van der Waals surface area (Å²) < 4.78 is 0. The Labute approximate surface area is 169 Å². The van der Waals surface area contributed by atoms with E-state index in [1.54, 1.807) is 11.8 Å². The topological polar surface area (TPSA) is 42.0 Å². The number of anilines is 1. The van der Waals surface area contributed by atoms with Crippen molar-refractivity contribution in [2.24, 2.45) is 0 Å². The zero-order chi connectivity index (χ0) is 19.2. The molecule has 140 valence electrons. The third-order valence-corrected chi connectivity index (χ3v) is 6.28. The number of aryl methyl sites for hydroxylation is 3. The molecule has 3 rings (SSSR count). The van der Waals surface area contributed by atoms with Crippen LogP contribution >= 0.6 is 23.1 Å². The number of hydrogen-bond donors (Lipinski definition) is 1. The summed E-state index contributed by atoms with van der Waals surface area (Å²) >= 11 is 3.26. The molecule has 0 atom stereocenters. The molecule has 0 fully saturated rings. The van der Waals surface area contributed by atoms with E-state index in [2.05, 4.69) is 55.3 Å². The number of carbonyl (C=O) groups is 1. The molecule has 0 bridgehead atoms. The van der Waals surface area contributed by atoms with Gasteiger partial charge in [0.15, 0.2) is 5.13 Å². The van der Waals surface area contributed by atoms with Crippen LogP contribution in [0.4, 0.5) is 5.13 Å². The van der Waals surface area contributed by atoms with Crippen molar-refractivity contribution in [1.29, 1.82) is 0 Å². The van der Waals surface area contributed by atoms with Gasteiger partial charge in [0.05, 0.1) is 5.69 Å². The summed E-state index contributed by atoms with van der Waals surface area (Å²) in [4.78, 5) is 18.0. The molecule has 0 spiro atoms. The van der Waals surface area contributed by atoms with Crippen LogP contribution in [0, 0.1) is 20.8 Å². The molecule has 27 heavy (non-hydrogen) atoms. The summed E-state index contributed by atoms with van der Waals surface area (Å²) in [6, 6.07) is 14.6. The lowest BCUT2D eigenvalue weighted by molar-refractivity contribution is -0.116. The van der Waals surface area contributed by atoms with Crippen molar-refractivity contribution in [3.63, 3.8) is 0 Å². The molecule has 0 aliphatic carbocycles. The van der Waals surface area contributed by atoms with Gasteiger partial charge in [0, 0.05) is 22.3 Å². The maximum Gasteiger partial charge on any atom is 0.226 e. The molecule has 0 saturated heterocycles. The Morgan fingerprint density at radius 2 is 1.81 bits per heavy atom. The summed E-state index contributed by atoms with van der Waals surface area (Å²) in [5.41, 5.74) is 5.81. The Hall–Kier alpha value is -2.11. The van der Waals surface area contributed by atoms with Gasteiger partial charge in [-0.1, -0.05) is 24.3 Å². The maximum absolute atomic E-state index is 12.2. The first kappa shape index (κ1) is 19.6. The largest absolute Gasteiger partial charge is 0.302 e. The van der Waals surface area contributed by atoms with Crippen LogP contribution in [0.25, 0.3) is 11.3 Å². The van der Waals surface area contributed by atoms with Gasteiger partial charge in [-0.2, -0.15) is 0 Å². The fraction of sp³-hybridized carbons (Fsp3) is 0.273. The highest BCUT2D eigenvalue weighted by molar-refractivity contribution is 7.99. The van der Waals surface area contributed by atoms with Crippen molar-refractivity contribution < 1.29 is 4.79 Å². The fourth-order valence-electron chi connectivity index (χ4n) is 2.81. The Morgan fingerprint density at radius 3 is 2.59 bits per heavy atom. The molecular formula is C22H24N2OS2. The second-order valence-electron chi connectivity index (χ2n) is 6.60. The number of aromatic nitrogens is 1. The SMILES string of the molecule is Cc1cc(C)c(-c2csc(NC(=O)CCCSc3ccccc3)n2)cc1C. The smallest absolute Gasteiger partial charge is 0.226 e. The number of carbonyl (C=O) groups excluding carboxylic acids is 1. The van der Waals surface area contributed by atoms with Crippen molar-refractivity contribution in [3.05, 3.63) is 64.5 Å². The molecule has 1 heterocycles. The first-order valence-electron chi connectivity index (χ1n) is 9.04. The van der Waals surface area contributed by atoms with E-state index in [0.717, 1.165) is 23.4 Å². The highest BCUT2D eigenvalue weighted by Gasteiger charge is 2.11. The van der Waals surface area contributed by atoms with E-state index in [0.29, 0.717) is 11.6 Å². The third kappa shape index (κ3) is 5.44. The van der Waals surface area contributed by atoms with E-state index in [-0.39, 0.29) is 5.91 Å². The molecule has 0 aliphatic rings. The zero-order valence-electron chi connectivity index (χ0n) is 15.9. The van der Waals surface area contributed by atoms with Gasteiger partial charge < -0.3 is 5.32 Å². The van der Waals surface area contributed by atoms with Crippen molar-refractivity contribution in [2.45, 2.75) is 38.5 Å². The van der Waals surface area contributed by atoms with Gasteiger partial charge in [0.1, 0.15) is 0 Å². The number of hydrogen-bond acceptors (Lipinski definition) is 4. The number of nitrogens with one attached hydrogen (secondary N) is 1. The number of nitrogens with zero attached hydrogens (tertiary/aromatic N) is 1. The number of rotatable bonds is 7. The zero-order valence-corrected chi connectivity index (χ0v) is 17.5. The lowest BCUT2D eigenvalue weighted by Crippen LogP contribution is -2.11. The molecule has 3 aromatic rings. The number of benzene rings is 2. The monoisotopic (exact) mass is 396 g/mol. The van der Waals surface area contributed by atoms with Crippen LogP contribution in [0.3, 0.4) is 0 Å². The normalized spacial score (nSPS) is 10.8. The van der Waals surface area contributed by atoms with Crippen LogP contribution in [0.2, 0.25) is 0 Å². The molecule has 2 aromatic carbocycles. The van der Waals surface area contributed by atoms with Gasteiger partial charge in [-0.05, 0) is 67.8 Å². The van der Waals surface area contributed by atoms with E-state index in [9.17, 15) is 4.79 Å². The molecule has 0 unspecified atom stereocenters. The van der Waals surface area contributed by atoms with E-state index in [1.165, 1.54) is 32.9 Å². The minimum Gasteiger partial charge on any atom is -0.302 e. The van der Waals surface area contributed by atoms with Crippen molar-refractivity contribution in [2.75, 3.05) is 11.1 Å². The van der Waals surface area contributed by atoms with Gasteiger partial charge >= 0.3 is 0 Å². The number of amides is 1. The van der Waals surface area contributed by atoms with Crippen LogP contribution in [0.1, 0.15) is 29.5 Å².